The van der Waals surface area contributed by atoms with E-state index >= 15 is 0 Å². The lowest BCUT2D eigenvalue weighted by Crippen LogP contribution is -2.09. The molecule has 0 aliphatic carbocycles. The van der Waals surface area contributed by atoms with Crippen molar-refractivity contribution in [2.45, 2.75) is 0 Å². The van der Waals surface area contributed by atoms with Crippen molar-refractivity contribution in [1.29, 1.82) is 0 Å². The van der Waals surface area contributed by atoms with Gasteiger partial charge in [-0.15, -0.1) is 11.3 Å². The summed E-state index contributed by atoms with van der Waals surface area (Å²) in [5, 5.41) is 0. The topological polar surface area (TPSA) is 26.3 Å². The SMILES string of the molecule is O=C(COc1cccc(Br)c1)c1ccc(Br)s1. The van der Waals surface area contributed by atoms with Crippen LogP contribution in [0.2, 0.25) is 0 Å². The molecule has 0 saturated carbocycles. The summed E-state index contributed by atoms with van der Waals surface area (Å²) in [5.74, 6) is 0.670. The molecule has 0 aliphatic rings. The third kappa shape index (κ3) is 3.66. The van der Waals surface area contributed by atoms with Crippen LogP contribution < -0.4 is 4.74 Å². The lowest BCUT2D eigenvalue weighted by atomic mass is 10.3. The van der Waals surface area contributed by atoms with Gasteiger partial charge in [-0.3, -0.25) is 4.79 Å². The predicted molar refractivity (Wildman–Crippen MR) is 76.0 cm³/mol. The number of ether oxygens (including phenoxy) is 1. The molecule has 1 heterocycles. The van der Waals surface area contributed by atoms with E-state index in [1.54, 1.807) is 6.07 Å². The van der Waals surface area contributed by atoms with Crippen molar-refractivity contribution >= 4 is 49.0 Å². The van der Waals surface area contributed by atoms with Crippen molar-refractivity contribution in [3.05, 3.63) is 49.5 Å². The van der Waals surface area contributed by atoms with E-state index in [-0.39, 0.29) is 12.4 Å². The van der Waals surface area contributed by atoms with Gasteiger partial charge in [0.1, 0.15) is 5.75 Å². The second kappa shape index (κ2) is 5.80. The molecule has 0 radical (unpaired) electrons. The number of thiophene rings is 1. The van der Waals surface area contributed by atoms with Crippen LogP contribution in [0.25, 0.3) is 0 Å². The monoisotopic (exact) mass is 374 g/mol. The Hall–Kier alpha value is -0.650. The van der Waals surface area contributed by atoms with Gasteiger partial charge in [0, 0.05) is 4.47 Å². The highest BCUT2D eigenvalue weighted by Crippen LogP contribution is 2.23. The Balaban J connectivity index is 1.97. The summed E-state index contributed by atoms with van der Waals surface area (Å²) in [7, 11) is 0. The molecule has 2 rings (SSSR count). The zero-order valence-electron chi connectivity index (χ0n) is 8.65. The zero-order valence-corrected chi connectivity index (χ0v) is 12.6. The van der Waals surface area contributed by atoms with E-state index in [1.807, 2.05) is 30.3 Å². The molecule has 0 bridgehead atoms. The molecule has 0 spiro atoms. The maximum Gasteiger partial charge on any atom is 0.210 e. The lowest BCUT2D eigenvalue weighted by Gasteiger charge is -2.04. The molecule has 0 N–H and O–H groups in total. The highest BCUT2D eigenvalue weighted by Gasteiger charge is 2.09. The van der Waals surface area contributed by atoms with Crippen LogP contribution >= 0.6 is 43.2 Å². The molecule has 88 valence electrons. The molecule has 0 unspecified atom stereocenters. The van der Waals surface area contributed by atoms with E-state index in [0.29, 0.717) is 10.6 Å². The van der Waals surface area contributed by atoms with Gasteiger partial charge in [0.15, 0.2) is 6.61 Å². The van der Waals surface area contributed by atoms with Gasteiger partial charge in [-0.25, -0.2) is 0 Å². The van der Waals surface area contributed by atoms with Gasteiger partial charge in [-0.05, 0) is 46.3 Å². The van der Waals surface area contributed by atoms with Crippen LogP contribution in [0, 0.1) is 0 Å². The second-order valence-corrected chi connectivity index (χ2v) is 6.65. The van der Waals surface area contributed by atoms with Gasteiger partial charge >= 0.3 is 0 Å². The highest BCUT2D eigenvalue weighted by atomic mass is 79.9. The smallest absolute Gasteiger partial charge is 0.210 e. The molecule has 0 fully saturated rings. The minimum Gasteiger partial charge on any atom is -0.485 e. The first-order valence-corrected chi connectivity index (χ1v) is 7.22. The van der Waals surface area contributed by atoms with E-state index in [4.69, 9.17) is 4.74 Å². The molecule has 5 heteroatoms. The number of hydrogen-bond acceptors (Lipinski definition) is 3. The van der Waals surface area contributed by atoms with E-state index in [0.717, 1.165) is 8.26 Å². The van der Waals surface area contributed by atoms with Crippen molar-refractivity contribution in [3.63, 3.8) is 0 Å². The number of ketones is 1. The summed E-state index contributed by atoms with van der Waals surface area (Å²) in [6.07, 6.45) is 0. The zero-order chi connectivity index (χ0) is 12.3. The van der Waals surface area contributed by atoms with E-state index in [9.17, 15) is 4.79 Å². The van der Waals surface area contributed by atoms with Gasteiger partial charge in [-0.2, -0.15) is 0 Å². The Labute approximate surface area is 120 Å². The normalized spacial score (nSPS) is 10.2. The maximum absolute atomic E-state index is 11.8. The fraction of sp³-hybridized carbons (Fsp3) is 0.0833. The molecule has 2 nitrogen and oxygen atoms in total. The quantitative estimate of drug-likeness (QED) is 0.733. The largest absolute Gasteiger partial charge is 0.485 e. The van der Waals surface area contributed by atoms with Crippen molar-refractivity contribution < 1.29 is 9.53 Å². The number of carbonyl (C=O) groups is 1. The molecule has 0 atom stereocenters. The number of carbonyl (C=O) groups excluding carboxylic acids is 1. The van der Waals surface area contributed by atoms with E-state index in [1.165, 1.54) is 11.3 Å². The molecule has 0 saturated heterocycles. The summed E-state index contributed by atoms with van der Waals surface area (Å²) >= 11 is 8.09. The van der Waals surface area contributed by atoms with E-state index in [2.05, 4.69) is 31.9 Å². The fourth-order valence-electron chi connectivity index (χ4n) is 1.24. The van der Waals surface area contributed by atoms with Crippen LogP contribution in [-0.2, 0) is 0 Å². The maximum atomic E-state index is 11.8. The van der Waals surface area contributed by atoms with Gasteiger partial charge in [0.25, 0.3) is 0 Å². The minimum atomic E-state index is -0.0133. The van der Waals surface area contributed by atoms with Crippen LogP contribution in [0.5, 0.6) is 5.75 Å². The average Bonchev–Trinajstić information content (AvgIpc) is 2.73. The third-order valence-electron chi connectivity index (χ3n) is 2.01. The molecular formula is C12H8Br2O2S. The highest BCUT2D eigenvalue weighted by molar-refractivity contribution is 9.11. The number of benzene rings is 1. The lowest BCUT2D eigenvalue weighted by molar-refractivity contribution is 0.0925. The summed E-state index contributed by atoms with van der Waals surface area (Å²) < 4.78 is 7.30. The van der Waals surface area contributed by atoms with Crippen LogP contribution in [-0.4, -0.2) is 12.4 Å². The molecule has 17 heavy (non-hydrogen) atoms. The standard InChI is InChI=1S/C12H8Br2O2S/c13-8-2-1-3-9(6-8)16-7-10(15)11-4-5-12(14)17-11/h1-6H,7H2. The Morgan fingerprint density at radius 1 is 1.24 bits per heavy atom. The predicted octanol–water partition coefficient (Wildman–Crippen LogP) is 4.53. The molecule has 2 aromatic rings. The number of Topliss-reactive ketones (excluding diaryl/α,β-unsaturated/α-hetero) is 1. The molecular weight excluding hydrogens is 368 g/mol. The van der Waals surface area contributed by atoms with Crippen molar-refractivity contribution in [2.24, 2.45) is 0 Å². The fourth-order valence-corrected chi connectivity index (χ4v) is 2.93. The van der Waals surface area contributed by atoms with E-state index < -0.39 is 0 Å². The first kappa shape index (κ1) is 12.8. The Kier molecular flexibility index (Phi) is 4.36. The summed E-state index contributed by atoms with van der Waals surface area (Å²) in [6.45, 7) is 0.0589. The number of hydrogen-bond donors (Lipinski definition) is 0. The molecule has 1 aromatic heterocycles. The first-order valence-electron chi connectivity index (χ1n) is 4.82. The summed E-state index contributed by atoms with van der Waals surface area (Å²) in [6, 6.07) is 11.1. The first-order chi connectivity index (χ1) is 8.15. The second-order valence-electron chi connectivity index (χ2n) is 3.27. The Morgan fingerprint density at radius 3 is 2.71 bits per heavy atom. The summed E-state index contributed by atoms with van der Waals surface area (Å²) in [5.41, 5.74) is 0. The van der Waals surface area contributed by atoms with Crippen LogP contribution in [0.4, 0.5) is 0 Å². The number of halogens is 2. The Morgan fingerprint density at radius 2 is 2.06 bits per heavy atom. The van der Waals surface area contributed by atoms with Crippen molar-refractivity contribution in [2.75, 3.05) is 6.61 Å². The van der Waals surface area contributed by atoms with Crippen molar-refractivity contribution in [3.8, 4) is 5.75 Å². The Bertz CT molecular complexity index is 537. The minimum absolute atomic E-state index is 0.0133. The van der Waals surface area contributed by atoms with Crippen LogP contribution in [0.1, 0.15) is 9.67 Å². The van der Waals surface area contributed by atoms with Crippen LogP contribution in [0.15, 0.2) is 44.7 Å². The molecule has 0 aliphatic heterocycles. The molecule has 0 amide bonds. The molecule has 1 aromatic carbocycles. The van der Waals surface area contributed by atoms with Crippen LogP contribution in [0.3, 0.4) is 0 Å². The van der Waals surface area contributed by atoms with Gasteiger partial charge in [0.2, 0.25) is 5.78 Å². The van der Waals surface area contributed by atoms with Gasteiger partial charge < -0.3 is 4.74 Å². The van der Waals surface area contributed by atoms with Gasteiger partial charge in [-0.1, -0.05) is 22.0 Å². The number of rotatable bonds is 4. The van der Waals surface area contributed by atoms with Gasteiger partial charge in [0.05, 0.1) is 8.66 Å². The summed E-state index contributed by atoms with van der Waals surface area (Å²) in [4.78, 5) is 12.5. The average molecular weight is 376 g/mol. The van der Waals surface area contributed by atoms with Crippen molar-refractivity contribution in [1.82, 2.24) is 0 Å². The third-order valence-corrected chi connectivity index (χ3v) is 4.17.